The van der Waals surface area contributed by atoms with Crippen molar-refractivity contribution in [1.82, 2.24) is 5.32 Å². The van der Waals surface area contributed by atoms with Crippen LogP contribution in [0.1, 0.15) is 12.0 Å². The van der Waals surface area contributed by atoms with Crippen LogP contribution in [0.4, 0.5) is 0 Å². The van der Waals surface area contributed by atoms with Crippen LogP contribution in [0.5, 0.6) is 0 Å². The van der Waals surface area contributed by atoms with Gasteiger partial charge in [0.05, 0.1) is 22.6 Å². The van der Waals surface area contributed by atoms with E-state index in [0.29, 0.717) is 10.0 Å². The number of nitrogens with one attached hydrogen (secondary N) is 1. The van der Waals surface area contributed by atoms with Crippen molar-refractivity contribution >= 4 is 29.2 Å². The smallest absolute Gasteiger partial charge is 0.316 e. The number of benzene rings is 1. The fraction of sp³-hybridized carbons (Fsp3) is 0.462. The Hall–Kier alpha value is -0.770. The van der Waals surface area contributed by atoms with Crippen LogP contribution in [-0.4, -0.2) is 26.7 Å². The molecular weight excluding hydrogens is 273 g/mol. The summed E-state index contributed by atoms with van der Waals surface area (Å²) in [4.78, 5) is 12.1. The molecule has 0 radical (unpaired) electrons. The van der Waals surface area contributed by atoms with Crippen LogP contribution >= 0.6 is 23.2 Å². The van der Waals surface area contributed by atoms with E-state index in [9.17, 15) is 4.79 Å². The van der Waals surface area contributed by atoms with Crippen LogP contribution in [-0.2, 0) is 14.9 Å². The first-order valence-corrected chi connectivity index (χ1v) is 6.50. The molecule has 0 amide bonds. The van der Waals surface area contributed by atoms with Crippen molar-refractivity contribution < 1.29 is 9.53 Å². The highest BCUT2D eigenvalue weighted by Gasteiger charge is 2.61. The maximum Gasteiger partial charge on any atom is 0.316 e. The molecule has 2 rings (SSSR count). The minimum atomic E-state index is -0.564. The Balaban J connectivity index is 2.37. The van der Waals surface area contributed by atoms with E-state index in [1.807, 2.05) is 13.1 Å². The highest BCUT2D eigenvalue weighted by atomic mass is 35.5. The molecule has 1 N–H and O–H groups in total. The van der Waals surface area contributed by atoms with Crippen molar-refractivity contribution in [3.63, 3.8) is 0 Å². The molecule has 0 unspecified atom stereocenters. The van der Waals surface area contributed by atoms with Gasteiger partial charge in [0.2, 0.25) is 0 Å². The number of ether oxygens (including phenoxy) is 1. The van der Waals surface area contributed by atoms with Gasteiger partial charge in [-0.05, 0) is 43.6 Å². The Bertz CT molecular complexity index is 478. The van der Waals surface area contributed by atoms with E-state index >= 15 is 0 Å². The summed E-state index contributed by atoms with van der Waals surface area (Å²) in [5.74, 6) is 0.0355. The number of carbonyl (C=O) groups excluding carboxylic acids is 1. The Morgan fingerprint density at radius 3 is 2.78 bits per heavy atom. The molecule has 0 aliphatic heterocycles. The number of hydrogen-bond donors (Lipinski definition) is 1. The Kier molecular flexibility index (Phi) is 3.85. The summed E-state index contributed by atoms with van der Waals surface area (Å²) in [7, 11) is 3.28. The summed E-state index contributed by atoms with van der Waals surface area (Å²) in [6.07, 6.45) is 0.776. The highest BCUT2D eigenvalue weighted by Crippen LogP contribution is 2.55. The van der Waals surface area contributed by atoms with Crippen LogP contribution in [0.3, 0.4) is 0 Å². The summed E-state index contributed by atoms with van der Waals surface area (Å²) >= 11 is 11.9. The second-order valence-corrected chi connectivity index (χ2v) is 5.36. The maximum atomic E-state index is 12.1. The van der Waals surface area contributed by atoms with Crippen LogP contribution < -0.4 is 5.32 Å². The molecule has 1 fully saturated rings. The van der Waals surface area contributed by atoms with Gasteiger partial charge in [-0.3, -0.25) is 4.79 Å². The fourth-order valence-electron chi connectivity index (χ4n) is 2.50. The van der Waals surface area contributed by atoms with E-state index < -0.39 is 5.41 Å². The van der Waals surface area contributed by atoms with Crippen LogP contribution in [0.2, 0.25) is 10.0 Å². The summed E-state index contributed by atoms with van der Waals surface area (Å²) in [5, 5.41) is 4.05. The first-order valence-electron chi connectivity index (χ1n) is 5.74. The summed E-state index contributed by atoms with van der Waals surface area (Å²) < 4.78 is 4.94. The van der Waals surface area contributed by atoms with Gasteiger partial charge < -0.3 is 10.1 Å². The zero-order chi connectivity index (χ0) is 13.3. The van der Waals surface area contributed by atoms with Gasteiger partial charge in [0.15, 0.2) is 0 Å². The topological polar surface area (TPSA) is 38.3 Å². The number of carbonyl (C=O) groups is 1. The average molecular weight is 288 g/mol. The van der Waals surface area contributed by atoms with Gasteiger partial charge >= 0.3 is 5.97 Å². The largest absolute Gasteiger partial charge is 0.468 e. The first kappa shape index (κ1) is 13.7. The van der Waals surface area contributed by atoms with Gasteiger partial charge in [0.1, 0.15) is 0 Å². The lowest BCUT2D eigenvalue weighted by Gasteiger charge is -2.16. The van der Waals surface area contributed by atoms with Gasteiger partial charge in [-0.15, -0.1) is 0 Å². The van der Waals surface area contributed by atoms with Crippen molar-refractivity contribution in [1.29, 1.82) is 0 Å². The molecule has 1 aliphatic carbocycles. The fourth-order valence-corrected chi connectivity index (χ4v) is 2.80. The van der Waals surface area contributed by atoms with E-state index in [-0.39, 0.29) is 11.9 Å². The van der Waals surface area contributed by atoms with E-state index in [4.69, 9.17) is 27.9 Å². The molecule has 0 spiro atoms. The van der Waals surface area contributed by atoms with Crippen molar-refractivity contribution in [2.45, 2.75) is 11.8 Å². The summed E-state index contributed by atoms with van der Waals surface area (Å²) in [6.45, 7) is 0.773. The molecule has 0 saturated heterocycles. The lowest BCUT2D eigenvalue weighted by atomic mass is 9.93. The minimum absolute atomic E-state index is 0.207. The van der Waals surface area contributed by atoms with Gasteiger partial charge in [0, 0.05) is 0 Å². The van der Waals surface area contributed by atoms with E-state index in [1.54, 1.807) is 12.1 Å². The standard InChI is InChI=1S/C13H15Cl2NO2/c1-16-7-9-6-13(9,12(17)18-2)8-3-4-10(14)11(15)5-8/h3-5,9,16H,6-7H2,1-2H3/t9-,13-/m0/s1. The van der Waals surface area contributed by atoms with Gasteiger partial charge in [-0.2, -0.15) is 0 Å². The molecule has 0 bridgehead atoms. The molecule has 1 saturated carbocycles. The predicted octanol–water partition coefficient (Wildman–Crippen LogP) is 2.64. The number of halogens is 2. The monoisotopic (exact) mass is 287 g/mol. The third-order valence-electron chi connectivity index (χ3n) is 3.54. The third kappa shape index (κ3) is 2.11. The quantitative estimate of drug-likeness (QED) is 0.866. The van der Waals surface area contributed by atoms with Gasteiger partial charge in [0.25, 0.3) is 0 Å². The molecule has 5 heteroatoms. The Labute approximate surface area is 116 Å². The SMILES string of the molecule is CNC[C@@H]1C[C@]1(C(=O)OC)c1ccc(Cl)c(Cl)c1. The molecule has 1 aromatic carbocycles. The highest BCUT2D eigenvalue weighted by molar-refractivity contribution is 6.42. The Morgan fingerprint density at radius 1 is 1.50 bits per heavy atom. The molecule has 98 valence electrons. The zero-order valence-corrected chi connectivity index (χ0v) is 11.8. The lowest BCUT2D eigenvalue weighted by Crippen LogP contribution is -2.27. The van der Waals surface area contributed by atoms with Gasteiger partial charge in [-0.25, -0.2) is 0 Å². The lowest BCUT2D eigenvalue weighted by molar-refractivity contribution is -0.144. The second kappa shape index (κ2) is 5.08. The molecule has 0 heterocycles. The first-order chi connectivity index (χ1) is 8.56. The maximum absolute atomic E-state index is 12.1. The number of hydrogen-bond acceptors (Lipinski definition) is 3. The number of methoxy groups -OCH3 is 1. The molecule has 1 aromatic rings. The molecule has 3 nitrogen and oxygen atoms in total. The van der Waals surface area contributed by atoms with Gasteiger partial charge in [-0.1, -0.05) is 29.3 Å². The van der Waals surface area contributed by atoms with Crippen molar-refractivity contribution in [2.24, 2.45) is 5.92 Å². The molecular formula is C13H15Cl2NO2. The third-order valence-corrected chi connectivity index (χ3v) is 4.28. The van der Waals surface area contributed by atoms with E-state index in [2.05, 4.69) is 5.32 Å². The molecule has 0 aromatic heterocycles. The van der Waals surface area contributed by atoms with Crippen molar-refractivity contribution in [3.8, 4) is 0 Å². The second-order valence-electron chi connectivity index (χ2n) is 4.55. The number of rotatable bonds is 4. The van der Waals surface area contributed by atoms with E-state index in [1.165, 1.54) is 7.11 Å². The Morgan fingerprint density at radius 2 is 2.22 bits per heavy atom. The normalized spacial score (nSPS) is 25.9. The molecule has 1 aliphatic rings. The predicted molar refractivity (Wildman–Crippen MR) is 72.2 cm³/mol. The van der Waals surface area contributed by atoms with Crippen LogP contribution in [0.25, 0.3) is 0 Å². The summed E-state index contributed by atoms with van der Waals surface area (Å²) in [5.41, 5.74) is 0.315. The molecule has 2 atom stereocenters. The molecule has 18 heavy (non-hydrogen) atoms. The average Bonchev–Trinajstić information content (AvgIpc) is 3.07. The minimum Gasteiger partial charge on any atom is -0.468 e. The van der Waals surface area contributed by atoms with E-state index in [0.717, 1.165) is 18.5 Å². The zero-order valence-electron chi connectivity index (χ0n) is 10.3. The summed E-state index contributed by atoms with van der Waals surface area (Å²) in [6, 6.07) is 5.33. The van der Waals surface area contributed by atoms with Crippen LogP contribution in [0.15, 0.2) is 18.2 Å². The van der Waals surface area contributed by atoms with Crippen molar-refractivity contribution in [3.05, 3.63) is 33.8 Å². The van der Waals surface area contributed by atoms with Crippen molar-refractivity contribution in [2.75, 3.05) is 20.7 Å². The van der Waals surface area contributed by atoms with Crippen LogP contribution in [0, 0.1) is 5.92 Å². The number of esters is 1.